The van der Waals surface area contributed by atoms with Crippen molar-refractivity contribution in [1.29, 1.82) is 0 Å². The van der Waals surface area contributed by atoms with Crippen LogP contribution in [0.15, 0.2) is 30.3 Å². The van der Waals surface area contributed by atoms with Crippen molar-refractivity contribution in [1.82, 2.24) is 4.57 Å². The zero-order valence-electron chi connectivity index (χ0n) is 13.4. The van der Waals surface area contributed by atoms with Gasteiger partial charge in [-0.05, 0) is 39.0 Å². The Bertz CT molecular complexity index is 737. The molecule has 0 saturated heterocycles. The number of aryl methyl sites for hydroxylation is 1. The van der Waals surface area contributed by atoms with Gasteiger partial charge in [-0.2, -0.15) is 0 Å². The Morgan fingerprint density at radius 3 is 2.57 bits per heavy atom. The van der Waals surface area contributed by atoms with Gasteiger partial charge in [-0.3, -0.25) is 4.79 Å². The average Bonchev–Trinajstić information content (AvgIpc) is 2.81. The largest absolute Gasteiger partial charge is 0.452 e. The number of benzene rings is 1. The van der Waals surface area contributed by atoms with E-state index in [-0.39, 0.29) is 6.61 Å². The van der Waals surface area contributed by atoms with Crippen molar-refractivity contribution in [2.75, 3.05) is 11.9 Å². The van der Waals surface area contributed by atoms with Crippen LogP contribution in [0.2, 0.25) is 5.02 Å². The molecule has 0 radical (unpaired) electrons. The monoisotopic (exact) mass is 334 g/mol. The number of hydrogen-bond donors (Lipinski definition) is 1. The lowest BCUT2D eigenvalue weighted by Crippen LogP contribution is -2.21. The lowest BCUT2D eigenvalue weighted by atomic mass is 10.2. The van der Waals surface area contributed by atoms with Crippen LogP contribution in [0.4, 0.5) is 5.69 Å². The highest BCUT2D eigenvalue weighted by atomic mass is 35.5. The molecule has 2 rings (SSSR count). The molecule has 0 atom stereocenters. The van der Waals surface area contributed by atoms with Crippen molar-refractivity contribution >= 4 is 29.2 Å². The molecule has 1 aromatic carbocycles. The number of aromatic nitrogens is 1. The second kappa shape index (κ2) is 7.33. The van der Waals surface area contributed by atoms with Crippen LogP contribution >= 0.6 is 11.6 Å². The van der Waals surface area contributed by atoms with Gasteiger partial charge in [0.2, 0.25) is 0 Å². The van der Waals surface area contributed by atoms with Gasteiger partial charge in [0.1, 0.15) is 0 Å². The fourth-order valence-electron chi connectivity index (χ4n) is 2.45. The number of ether oxygens (including phenoxy) is 1. The maximum Gasteiger partial charge on any atom is 0.340 e. The van der Waals surface area contributed by atoms with Gasteiger partial charge in [0.05, 0.1) is 16.3 Å². The van der Waals surface area contributed by atoms with Crippen molar-refractivity contribution < 1.29 is 14.3 Å². The van der Waals surface area contributed by atoms with Crippen LogP contribution in [0.5, 0.6) is 0 Å². The fourth-order valence-corrected chi connectivity index (χ4v) is 2.64. The van der Waals surface area contributed by atoms with Crippen LogP contribution in [0.3, 0.4) is 0 Å². The second-order valence-electron chi connectivity index (χ2n) is 5.13. The summed E-state index contributed by atoms with van der Waals surface area (Å²) in [6.45, 7) is 6.21. The maximum absolute atomic E-state index is 12.1. The molecule has 0 saturated carbocycles. The number of hydrogen-bond acceptors (Lipinski definition) is 3. The third kappa shape index (κ3) is 3.93. The normalized spacial score (nSPS) is 10.4. The molecule has 1 aromatic heterocycles. The Morgan fingerprint density at radius 2 is 1.96 bits per heavy atom. The predicted octanol–water partition coefficient (Wildman–Crippen LogP) is 3.57. The molecule has 1 N–H and O–H groups in total. The SMILES string of the molecule is CCn1c(C)cc(C(=O)OCC(=O)Nc2ccccc2Cl)c1C. The van der Waals surface area contributed by atoms with Gasteiger partial charge in [0.15, 0.2) is 6.61 Å². The number of carbonyl (C=O) groups excluding carboxylic acids is 2. The van der Waals surface area contributed by atoms with E-state index in [0.717, 1.165) is 17.9 Å². The lowest BCUT2D eigenvalue weighted by molar-refractivity contribution is -0.119. The molecule has 122 valence electrons. The molecule has 2 aromatic rings. The van der Waals surface area contributed by atoms with Gasteiger partial charge in [-0.1, -0.05) is 23.7 Å². The number of esters is 1. The Balaban J connectivity index is 1.97. The third-order valence-electron chi connectivity index (χ3n) is 3.59. The molecular weight excluding hydrogens is 316 g/mol. The molecule has 1 heterocycles. The summed E-state index contributed by atoms with van der Waals surface area (Å²) in [6, 6.07) is 8.64. The van der Waals surface area contributed by atoms with E-state index in [1.807, 2.05) is 25.3 Å². The van der Waals surface area contributed by atoms with Crippen molar-refractivity contribution in [3.05, 3.63) is 52.3 Å². The quantitative estimate of drug-likeness (QED) is 0.850. The number of nitrogens with zero attached hydrogens (tertiary/aromatic N) is 1. The molecule has 23 heavy (non-hydrogen) atoms. The summed E-state index contributed by atoms with van der Waals surface area (Å²) in [7, 11) is 0. The Kier molecular flexibility index (Phi) is 5.45. The fraction of sp³-hybridized carbons (Fsp3) is 0.294. The molecule has 0 unspecified atom stereocenters. The van der Waals surface area contributed by atoms with E-state index in [1.54, 1.807) is 30.3 Å². The summed E-state index contributed by atoms with van der Waals surface area (Å²) in [4.78, 5) is 24.0. The second-order valence-corrected chi connectivity index (χ2v) is 5.54. The topological polar surface area (TPSA) is 60.3 Å². The first-order valence-corrected chi connectivity index (χ1v) is 7.70. The van der Waals surface area contributed by atoms with E-state index in [2.05, 4.69) is 5.32 Å². The molecule has 0 aliphatic heterocycles. The van der Waals surface area contributed by atoms with Crippen molar-refractivity contribution in [2.45, 2.75) is 27.3 Å². The smallest absolute Gasteiger partial charge is 0.340 e. The zero-order valence-corrected chi connectivity index (χ0v) is 14.1. The Labute approximate surface area is 140 Å². The summed E-state index contributed by atoms with van der Waals surface area (Å²) >= 11 is 5.96. The summed E-state index contributed by atoms with van der Waals surface area (Å²) < 4.78 is 7.10. The third-order valence-corrected chi connectivity index (χ3v) is 3.92. The van der Waals surface area contributed by atoms with Crippen molar-refractivity contribution in [3.63, 3.8) is 0 Å². The molecule has 1 amide bonds. The number of para-hydroxylation sites is 1. The van der Waals surface area contributed by atoms with E-state index in [0.29, 0.717) is 16.3 Å². The summed E-state index contributed by atoms with van der Waals surface area (Å²) in [5, 5.41) is 3.04. The minimum atomic E-state index is -0.507. The van der Waals surface area contributed by atoms with Gasteiger partial charge in [-0.25, -0.2) is 4.79 Å². The highest BCUT2D eigenvalue weighted by Gasteiger charge is 2.17. The van der Waals surface area contributed by atoms with Gasteiger partial charge in [0.25, 0.3) is 5.91 Å². The number of nitrogens with one attached hydrogen (secondary N) is 1. The van der Waals surface area contributed by atoms with E-state index < -0.39 is 11.9 Å². The Hall–Kier alpha value is -2.27. The highest BCUT2D eigenvalue weighted by molar-refractivity contribution is 6.33. The number of carbonyl (C=O) groups is 2. The standard InChI is InChI=1S/C17H19ClN2O3/c1-4-20-11(2)9-13(12(20)3)17(22)23-10-16(21)19-15-8-6-5-7-14(15)18/h5-9H,4,10H2,1-3H3,(H,19,21). The predicted molar refractivity (Wildman–Crippen MR) is 89.9 cm³/mol. The van der Waals surface area contributed by atoms with Gasteiger partial charge >= 0.3 is 5.97 Å². The number of amides is 1. The lowest BCUT2D eigenvalue weighted by Gasteiger charge is -2.08. The van der Waals surface area contributed by atoms with E-state index in [1.165, 1.54) is 0 Å². The van der Waals surface area contributed by atoms with Crippen molar-refractivity contribution in [2.24, 2.45) is 0 Å². The molecule has 5 nitrogen and oxygen atoms in total. The minimum Gasteiger partial charge on any atom is -0.452 e. The van der Waals surface area contributed by atoms with Crippen LogP contribution in [-0.2, 0) is 16.1 Å². The molecular formula is C17H19ClN2O3. The Morgan fingerprint density at radius 1 is 1.26 bits per heavy atom. The van der Waals surface area contributed by atoms with Crippen LogP contribution < -0.4 is 5.32 Å². The van der Waals surface area contributed by atoms with Gasteiger partial charge < -0.3 is 14.6 Å². The molecule has 0 fully saturated rings. The number of anilines is 1. The van der Waals surface area contributed by atoms with E-state index >= 15 is 0 Å². The summed E-state index contributed by atoms with van der Waals surface area (Å²) in [6.07, 6.45) is 0. The van der Waals surface area contributed by atoms with Crippen LogP contribution in [-0.4, -0.2) is 23.1 Å². The van der Waals surface area contributed by atoms with Crippen LogP contribution in [0.1, 0.15) is 28.7 Å². The number of rotatable bonds is 5. The maximum atomic E-state index is 12.1. The van der Waals surface area contributed by atoms with Crippen LogP contribution in [0.25, 0.3) is 0 Å². The molecule has 0 aliphatic rings. The first kappa shape index (κ1) is 17.1. The summed E-state index contributed by atoms with van der Waals surface area (Å²) in [5.74, 6) is -0.942. The van der Waals surface area contributed by atoms with Gasteiger partial charge in [0, 0.05) is 17.9 Å². The first-order chi connectivity index (χ1) is 10.9. The summed E-state index contributed by atoms with van der Waals surface area (Å²) in [5.41, 5.74) is 2.79. The highest BCUT2D eigenvalue weighted by Crippen LogP contribution is 2.20. The minimum absolute atomic E-state index is 0.361. The van der Waals surface area contributed by atoms with E-state index in [9.17, 15) is 9.59 Å². The average molecular weight is 335 g/mol. The molecule has 0 bridgehead atoms. The number of halogens is 1. The molecule has 0 spiro atoms. The van der Waals surface area contributed by atoms with E-state index in [4.69, 9.17) is 16.3 Å². The molecule has 6 heteroatoms. The van der Waals surface area contributed by atoms with Gasteiger partial charge in [-0.15, -0.1) is 0 Å². The molecule has 0 aliphatic carbocycles. The zero-order chi connectivity index (χ0) is 17.0. The first-order valence-electron chi connectivity index (χ1n) is 7.32. The van der Waals surface area contributed by atoms with Crippen LogP contribution in [0, 0.1) is 13.8 Å². The van der Waals surface area contributed by atoms with Crippen molar-refractivity contribution in [3.8, 4) is 0 Å².